The quantitative estimate of drug-likeness (QED) is 0.259. The normalized spacial score (nSPS) is 19.2. The van der Waals surface area contributed by atoms with E-state index < -0.39 is 11.9 Å². The Hall–Kier alpha value is -4.08. The van der Waals surface area contributed by atoms with Gasteiger partial charge in [0.2, 0.25) is 12.7 Å². The standard InChI is InChI=1S/C35H43N3O6/c1-3-4-17-38(27-12-7-9-24(18-27)20-36)33(39)22-37-21-28(26-15-16-31-32(19-26)44-23-43-31)34(35(40)41)29(37)13-8-11-25-10-5-6-14-30(25)42-2/h5-7,9-10,12,14-16,18-19,28-29,34H,3-4,8,11,13,17,20-23,36H2,1-2H3,(H,40,41). The largest absolute Gasteiger partial charge is 0.496 e. The number of fused-ring (bicyclic) bond motifs is 1. The molecular formula is C35H43N3O6. The van der Waals surface area contributed by atoms with Crippen LogP contribution in [0.4, 0.5) is 5.69 Å². The van der Waals surface area contributed by atoms with Crippen LogP contribution in [0.1, 0.15) is 55.2 Å². The summed E-state index contributed by atoms with van der Waals surface area (Å²) in [6.07, 6.45) is 3.94. The highest BCUT2D eigenvalue weighted by atomic mass is 16.7. The first-order chi connectivity index (χ1) is 21.4. The van der Waals surface area contributed by atoms with Gasteiger partial charge in [0.25, 0.3) is 0 Å². The number of rotatable bonds is 14. The van der Waals surface area contributed by atoms with Gasteiger partial charge in [-0.2, -0.15) is 0 Å². The molecular weight excluding hydrogens is 558 g/mol. The number of amides is 1. The molecule has 3 aromatic carbocycles. The van der Waals surface area contributed by atoms with Gasteiger partial charge in [-0.25, -0.2) is 0 Å². The van der Waals surface area contributed by atoms with Gasteiger partial charge in [-0.05, 0) is 72.7 Å². The molecule has 5 rings (SSSR count). The highest BCUT2D eigenvalue weighted by Gasteiger charge is 2.47. The highest BCUT2D eigenvalue weighted by Crippen LogP contribution is 2.43. The minimum atomic E-state index is -0.858. The molecule has 2 heterocycles. The number of anilines is 1. The van der Waals surface area contributed by atoms with Crippen molar-refractivity contribution >= 4 is 17.6 Å². The van der Waals surface area contributed by atoms with Crippen LogP contribution in [0.2, 0.25) is 0 Å². The zero-order valence-electron chi connectivity index (χ0n) is 25.6. The lowest BCUT2D eigenvalue weighted by Crippen LogP contribution is -2.44. The zero-order chi connectivity index (χ0) is 31.1. The summed E-state index contributed by atoms with van der Waals surface area (Å²) in [6, 6.07) is 21.0. The Labute approximate surface area is 259 Å². The fourth-order valence-electron chi connectivity index (χ4n) is 6.57. The first-order valence-corrected chi connectivity index (χ1v) is 15.5. The average molecular weight is 602 g/mol. The number of aliphatic carboxylic acids is 1. The van der Waals surface area contributed by atoms with Gasteiger partial charge in [0, 0.05) is 37.3 Å². The minimum Gasteiger partial charge on any atom is -0.496 e. The molecule has 0 aromatic heterocycles. The van der Waals surface area contributed by atoms with Crippen molar-refractivity contribution in [1.82, 2.24) is 4.90 Å². The van der Waals surface area contributed by atoms with Gasteiger partial charge in [0.05, 0.1) is 19.6 Å². The van der Waals surface area contributed by atoms with Gasteiger partial charge < -0.3 is 30.0 Å². The number of carbonyl (C=O) groups is 2. The summed E-state index contributed by atoms with van der Waals surface area (Å²) < 4.78 is 16.7. The van der Waals surface area contributed by atoms with E-state index in [0.29, 0.717) is 37.6 Å². The summed E-state index contributed by atoms with van der Waals surface area (Å²) in [5, 5.41) is 10.6. The molecule has 3 N–H and O–H groups in total. The Kier molecular flexibility index (Phi) is 10.4. The van der Waals surface area contributed by atoms with Crippen LogP contribution in [0.5, 0.6) is 17.2 Å². The predicted molar refractivity (Wildman–Crippen MR) is 169 cm³/mol. The van der Waals surface area contributed by atoms with Crippen LogP contribution in [0.25, 0.3) is 0 Å². The average Bonchev–Trinajstić information content (AvgIpc) is 3.66. The van der Waals surface area contributed by atoms with E-state index in [2.05, 4.69) is 11.8 Å². The first-order valence-electron chi connectivity index (χ1n) is 15.5. The number of ether oxygens (including phenoxy) is 3. The van der Waals surface area contributed by atoms with E-state index in [4.69, 9.17) is 19.9 Å². The smallest absolute Gasteiger partial charge is 0.308 e. The second-order valence-electron chi connectivity index (χ2n) is 11.6. The fourth-order valence-corrected chi connectivity index (χ4v) is 6.57. The van der Waals surface area contributed by atoms with E-state index in [1.165, 1.54) is 0 Å². The van der Waals surface area contributed by atoms with Crippen LogP contribution in [0.15, 0.2) is 66.7 Å². The lowest BCUT2D eigenvalue weighted by atomic mass is 9.83. The number of likely N-dealkylation sites (tertiary alicyclic amines) is 1. The number of nitrogens with zero attached hydrogens (tertiary/aromatic N) is 2. The number of methoxy groups -OCH3 is 1. The van der Waals surface area contributed by atoms with Crippen molar-refractivity contribution in [2.24, 2.45) is 11.7 Å². The third-order valence-corrected chi connectivity index (χ3v) is 8.83. The van der Waals surface area contributed by atoms with Crippen molar-refractivity contribution in [2.75, 3.05) is 38.4 Å². The number of benzene rings is 3. The molecule has 0 radical (unpaired) electrons. The van der Waals surface area contributed by atoms with Gasteiger partial charge >= 0.3 is 5.97 Å². The predicted octanol–water partition coefficient (Wildman–Crippen LogP) is 5.21. The SMILES string of the molecule is CCCCN(C(=O)CN1CC(c2ccc3c(c2)OCO3)C(C(=O)O)C1CCCc1ccccc1OC)c1cccc(CN)c1. The molecule has 3 aromatic rings. The zero-order valence-corrected chi connectivity index (χ0v) is 25.6. The third-order valence-electron chi connectivity index (χ3n) is 8.83. The molecule has 9 nitrogen and oxygen atoms in total. The van der Waals surface area contributed by atoms with Gasteiger partial charge in [-0.1, -0.05) is 49.7 Å². The summed E-state index contributed by atoms with van der Waals surface area (Å²) in [6.45, 7) is 3.81. The Morgan fingerprint density at radius 2 is 1.86 bits per heavy atom. The molecule has 2 aliphatic heterocycles. The van der Waals surface area contributed by atoms with E-state index in [0.717, 1.165) is 53.8 Å². The van der Waals surface area contributed by atoms with Crippen LogP contribution in [-0.4, -0.2) is 61.5 Å². The summed E-state index contributed by atoms with van der Waals surface area (Å²) in [7, 11) is 1.66. The number of hydrogen-bond acceptors (Lipinski definition) is 7. The monoisotopic (exact) mass is 601 g/mol. The van der Waals surface area contributed by atoms with Gasteiger partial charge in [-0.15, -0.1) is 0 Å². The van der Waals surface area contributed by atoms with Crippen LogP contribution in [0, 0.1) is 5.92 Å². The summed E-state index contributed by atoms with van der Waals surface area (Å²) in [5.74, 6) is 0.206. The molecule has 1 fully saturated rings. The number of hydrogen-bond donors (Lipinski definition) is 2. The molecule has 1 saturated heterocycles. The van der Waals surface area contributed by atoms with Crippen molar-refractivity contribution < 1.29 is 28.9 Å². The maximum absolute atomic E-state index is 14.1. The van der Waals surface area contributed by atoms with Crippen LogP contribution in [-0.2, 0) is 22.6 Å². The van der Waals surface area contributed by atoms with Crippen molar-refractivity contribution in [3.05, 3.63) is 83.4 Å². The Morgan fingerprint density at radius 3 is 2.64 bits per heavy atom. The highest BCUT2D eigenvalue weighted by molar-refractivity contribution is 5.95. The number of carbonyl (C=O) groups excluding carboxylic acids is 1. The number of carboxylic acids is 1. The number of carboxylic acid groups (broad SMARTS) is 1. The molecule has 0 aliphatic carbocycles. The Morgan fingerprint density at radius 1 is 1.05 bits per heavy atom. The van der Waals surface area contributed by atoms with E-state index >= 15 is 0 Å². The number of para-hydroxylation sites is 1. The molecule has 9 heteroatoms. The number of unbranched alkanes of at least 4 members (excludes halogenated alkanes) is 1. The second kappa shape index (κ2) is 14.6. The first kappa shape index (κ1) is 31.3. The maximum Gasteiger partial charge on any atom is 0.308 e. The van der Waals surface area contributed by atoms with Gasteiger partial charge in [0.15, 0.2) is 11.5 Å². The lowest BCUT2D eigenvalue weighted by molar-refractivity contribution is -0.143. The Balaban J connectivity index is 1.42. The molecule has 2 aliphatic rings. The number of aryl methyl sites for hydroxylation is 1. The van der Waals surface area contributed by atoms with Crippen molar-refractivity contribution in [2.45, 2.75) is 57.5 Å². The Bertz CT molecular complexity index is 1450. The summed E-state index contributed by atoms with van der Waals surface area (Å²) >= 11 is 0. The molecule has 0 bridgehead atoms. The van der Waals surface area contributed by atoms with Crippen LogP contribution in [0.3, 0.4) is 0 Å². The summed E-state index contributed by atoms with van der Waals surface area (Å²) in [5.41, 5.74) is 9.65. The molecule has 44 heavy (non-hydrogen) atoms. The van der Waals surface area contributed by atoms with E-state index in [-0.39, 0.29) is 31.2 Å². The second-order valence-corrected chi connectivity index (χ2v) is 11.6. The third kappa shape index (κ3) is 7.00. The maximum atomic E-state index is 14.1. The molecule has 234 valence electrons. The fraction of sp³-hybridized carbons (Fsp3) is 0.429. The lowest BCUT2D eigenvalue weighted by Gasteiger charge is -2.30. The van der Waals surface area contributed by atoms with Gasteiger partial charge in [0.1, 0.15) is 5.75 Å². The van der Waals surface area contributed by atoms with Crippen LogP contribution < -0.4 is 24.8 Å². The molecule has 1 amide bonds. The van der Waals surface area contributed by atoms with Gasteiger partial charge in [-0.3, -0.25) is 14.5 Å². The molecule has 3 atom stereocenters. The van der Waals surface area contributed by atoms with Crippen LogP contribution >= 0.6 is 0 Å². The summed E-state index contributed by atoms with van der Waals surface area (Å²) in [4.78, 5) is 30.9. The van der Waals surface area contributed by atoms with Crippen molar-refractivity contribution in [3.8, 4) is 17.2 Å². The molecule has 0 saturated carbocycles. The van der Waals surface area contributed by atoms with Crippen molar-refractivity contribution in [1.29, 1.82) is 0 Å². The topological polar surface area (TPSA) is 115 Å². The molecule has 3 unspecified atom stereocenters. The molecule has 0 spiro atoms. The van der Waals surface area contributed by atoms with Crippen molar-refractivity contribution in [3.63, 3.8) is 0 Å². The van der Waals surface area contributed by atoms with E-state index in [9.17, 15) is 14.7 Å². The number of nitrogens with two attached hydrogens (primary N) is 1. The van der Waals surface area contributed by atoms with E-state index in [1.807, 2.05) is 71.6 Å². The minimum absolute atomic E-state index is 0.0437. The van der Waals surface area contributed by atoms with E-state index in [1.54, 1.807) is 7.11 Å².